The second-order valence-corrected chi connectivity index (χ2v) is 3.54. The number of hydrogen-bond acceptors (Lipinski definition) is 2. The van der Waals surface area contributed by atoms with E-state index < -0.39 is 13.0 Å². The molecule has 0 aliphatic carbocycles. The monoisotopic (exact) mass is 231 g/mol. The Kier molecular flexibility index (Phi) is 2.48. The number of hydrogen-bond donors (Lipinski definition) is 1. The van der Waals surface area contributed by atoms with Crippen molar-refractivity contribution in [3.05, 3.63) is 23.2 Å². The normalized spacial score (nSPS) is 11.5. The Morgan fingerprint density at radius 1 is 1.47 bits per heavy atom. The Morgan fingerprint density at radius 2 is 2.20 bits per heavy atom. The maximum Gasteiger partial charge on any atom is 0.256 e. The maximum atomic E-state index is 12.3. The predicted octanol–water partition coefficient (Wildman–Crippen LogP) is 2.54. The molecule has 0 saturated heterocycles. The van der Waals surface area contributed by atoms with Gasteiger partial charge in [0.25, 0.3) is 6.43 Å². The summed E-state index contributed by atoms with van der Waals surface area (Å²) in [7, 11) is 0. The van der Waals surface area contributed by atoms with E-state index in [1.165, 1.54) is 4.57 Å². The molecule has 0 spiro atoms. The average molecular weight is 232 g/mol. The van der Waals surface area contributed by atoms with Crippen LogP contribution >= 0.6 is 11.6 Å². The lowest BCUT2D eigenvalue weighted by Crippen LogP contribution is -2.09. The fourth-order valence-electron chi connectivity index (χ4n) is 1.45. The van der Waals surface area contributed by atoms with Gasteiger partial charge in [-0.3, -0.25) is 0 Å². The number of nitrogens with zero attached hydrogens (tertiary/aromatic N) is 2. The average Bonchev–Trinajstić information content (AvgIpc) is 2.41. The summed E-state index contributed by atoms with van der Waals surface area (Å²) in [6.07, 6.45) is -2.46. The van der Waals surface area contributed by atoms with Crippen molar-refractivity contribution >= 4 is 28.6 Å². The number of benzene rings is 1. The molecule has 0 aliphatic heterocycles. The van der Waals surface area contributed by atoms with Gasteiger partial charge in [-0.1, -0.05) is 11.6 Å². The second-order valence-electron chi connectivity index (χ2n) is 3.10. The molecule has 3 nitrogen and oxygen atoms in total. The van der Waals surface area contributed by atoms with Crippen LogP contribution in [0.25, 0.3) is 11.0 Å². The largest absolute Gasteiger partial charge is 0.369 e. The summed E-state index contributed by atoms with van der Waals surface area (Å²) in [5.74, 6) is 0.0765. The minimum atomic E-state index is -2.46. The van der Waals surface area contributed by atoms with Gasteiger partial charge < -0.3 is 10.3 Å². The first-order valence-electron chi connectivity index (χ1n) is 4.27. The van der Waals surface area contributed by atoms with Gasteiger partial charge in [0.05, 0.1) is 17.6 Å². The highest BCUT2D eigenvalue weighted by Crippen LogP contribution is 2.22. The zero-order valence-electron chi connectivity index (χ0n) is 7.62. The van der Waals surface area contributed by atoms with Crippen LogP contribution in [0.3, 0.4) is 0 Å². The molecule has 1 aromatic heterocycles. The number of fused-ring (bicyclic) bond motifs is 1. The van der Waals surface area contributed by atoms with Crippen molar-refractivity contribution in [2.75, 3.05) is 5.73 Å². The van der Waals surface area contributed by atoms with Crippen LogP contribution in [0.15, 0.2) is 18.2 Å². The second kappa shape index (κ2) is 3.66. The van der Waals surface area contributed by atoms with Gasteiger partial charge in [-0.25, -0.2) is 13.8 Å². The van der Waals surface area contributed by atoms with Crippen LogP contribution in [0.1, 0.15) is 0 Å². The highest BCUT2D eigenvalue weighted by molar-refractivity contribution is 6.31. The van der Waals surface area contributed by atoms with Crippen molar-refractivity contribution in [2.45, 2.75) is 13.0 Å². The zero-order valence-corrected chi connectivity index (χ0v) is 8.38. The number of nitrogens with two attached hydrogens (primary N) is 1. The lowest BCUT2D eigenvalue weighted by Gasteiger charge is -2.04. The van der Waals surface area contributed by atoms with Crippen molar-refractivity contribution < 1.29 is 8.78 Å². The maximum absolute atomic E-state index is 12.3. The molecular weight excluding hydrogens is 224 g/mol. The number of halogens is 3. The van der Waals surface area contributed by atoms with E-state index in [9.17, 15) is 8.78 Å². The van der Waals surface area contributed by atoms with Crippen LogP contribution in [0.2, 0.25) is 5.02 Å². The van der Waals surface area contributed by atoms with Gasteiger partial charge in [0.15, 0.2) is 0 Å². The fraction of sp³-hybridized carbons (Fsp3) is 0.222. The van der Waals surface area contributed by atoms with Crippen molar-refractivity contribution in [2.24, 2.45) is 0 Å². The summed E-state index contributed by atoms with van der Waals surface area (Å²) in [6.45, 7) is -0.454. The van der Waals surface area contributed by atoms with Crippen LogP contribution in [0, 0.1) is 0 Å². The number of nitrogen functional groups attached to an aromatic ring is 1. The fourth-order valence-corrected chi connectivity index (χ4v) is 1.62. The number of anilines is 1. The lowest BCUT2D eigenvalue weighted by molar-refractivity contribution is 0.128. The molecule has 2 aromatic rings. The third kappa shape index (κ3) is 1.87. The smallest absolute Gasteiger partial charge is 0.256 e. The molecule has 0 saturated carbocycles. The van der Waals surface area contributed by atoms with Gasteiger partial charge in [0, 0.05) is 5.02 Å². The van der Waals surface area contributed by atoms with Crippen LogP contribution in [-0.2, 0) is 6.54 Å². The van der Waals surface area contributed by atoms with E-state index in [2.05, 4.69) is 4.98 Å². The third-order valence-corrected chi connectivity index (χ3v) is 2.30. The molecule has 6 heteroatoms. The third-order valence-electron chi connectivity index (χ3n) is 2.06. The minimum Gasteiger partial charge on any atom is -0.369 e. The van der Waals surface area contributed by atoms with Crippen molar-refractivity contribution in [3.8, 4) is 0 Å². The first-order valence-corrected chi connectivity index (χ1v) is 4.65. The summed E-state index contributed by atoms with van der Waals surface area (Å²) in [5, 5.41) is 0.504. The van der Waals surface area contributed by atoms with Crippen molar-refractivity contribution in [1.82, 2.24) is 9.55 Å². The Hall–Kier alpha value is -1.36. The van der Waals surface area contributed by atoms with Crippen LogP contribution < -0.4 is 5.73 Å². The number of aromatic nitrogens is 2. The molecule has 0 bridgehead atoms. The standard InChI is InChI=1S/C9H8ClF2N3/c10-5-1-2-7-6(3-5)14-9(13)15(7)4-8(11)12/h1-3,8H,4H2,(H2,13,14). The highest BCUT2D eigenvalue weighted by Gasteiger charge is 2.12. The first kappa shape index (κ1) is 10.2. The van der Waals surface area contributed by atoms with E-state index in [1.54, 1.807) is 18.2 Å². The Morgan fingerprint density at radius 3 is 2.87 bits per heavy atom. The van der Waals surface area contributed by atoms with Gasteiger partial charge in [0.1, 0.15) is 0 Å². The first-order chi connectivity index (χ1) is 7.08. The zero-order chi connectivity index (χ0) is 11.0. The molecule has 2 rings (SSSR count). The van der Waals surface area contributed by atoms with Crippen LogP contribution in [0.4, 0.5) is 14.7 Å². The number of imidazole rings is 1. The Balaban J connectivity index is 2.58. The van der Waals surface area contributed by atoms with E-state index in [0.717, 1.165) is 0 Å². The van der Waals surface area contributed by atoms with Gasteiger partial charge in [0.2, 0.25) is 5.95 Å². The molecule has 0 radical (unpaired) electrons. The van der Waals surface area contributed by atoms with Crippen molar-refractivity contribution in [1.29, 1.82) is 0 Å². The topological polar surface area (TPSA) is 43.8 Å². The lowest BCUT2D eigenvalue weighted by atomic mass is 10.3. The molecule has 1 heterocycles. The predicted molar refractivity (Wildman–Crippen MR) is 55.2 cm³/mol. The molecule has 0 unspecified atom stereocenters. The van der Waals surface area contributed by atoms with E-state index in [4.69, 9.17) is 17.3 Å². The molecule has 2 N–H and O–H groups in total. The molecular formula is C9H8ClF2N3. The SMILES string of the molecule is Nc1nc2cc(Cl)ccc2n1CC(F)F. The highest BCUT2D eigenvalue weighted by atomic mass is 35.5. The van der Waals surface area contributed by atoms with Gasteiger partial charge in [-0.2, -0.15) is 0 Å². The van der Waals surface area contributed by atoms with Gasteiger partial charge in [-0.15, -0.1) is 0 Å². The van der Waals surface area contributed by atoms with E-state index in [-0.39, 0.29) is 5.95 Å². The van der Waals surface area contributed by atoms with Crippen LogP contribution in [-0.4, -0.2) is 16.0 Å². The van der Waals surface area contributed by atoms with Gasteiger partial charge >= 0.3 is 0 Å². The summed E-state index contributed by atoms with van der Waals surface area (Å²) in [5.41, 5.74) is 6.62. The molecule has 15 heavy (non-hydrogen) atoms. The molecule has 0 atom stereocenters. The van der Waals surface area contributed by atoms with Crippen molar-refractivity contribution in [3.63, 3.8) is 0 Å². The van der Waals surface area contributed by atoms with Gasteiger partial charge in [-0.05, 0) is 18.2 Å². The molecule has 0 aliphatic rings. The Bertz CT molecular complexity index is 495. The number of rotatable bonds is 2. The summed E-state index contributed by atoms with van der Waals surface area (Å²) in [4.78, 5) is 3.95. The van der Waals surface area contributed by atoms with E-state index in [1.807, 2.05) is 0 Å². The van der Waals surface area contributed by atoms with Crippen LogP contribution in [0.5, 0.6) is 0 Å². The summed E-state index contributed by atoms with van der Waals surface area (Å²) < 4.78 is 25.8. The molecule has 0 fully saturated rings. The Labute approximate surface area is 89.5 Å². The van der Waals surface area contributed by atoms with E-state index in [0.29, 0.717) is 16.1 Å². The van der Waals surface area contributed by atoms with E-state index >= 15 is 0 Å². The molecule has 0 amide bonds. The summed E-state index contributed by atoms with van der Waals surface area (Å²) >= 11 is 5.75. The molecule has 1 aromatic carbocycles. The number of alkyl halides is 2. The minimum absolute atomic E-state index is 0.0765. The summed E-state index contributed by atoms with van der Waals surface area (Å²) in [6, 6.07) is 4.84. The molecule has 80 valence electrons. The quantitative estimate of drug-likeness (QED) is 0.863.